The molecule has 3 heterocycles. The van der Waals surface area contributed by atoms with Crippen LogP contribution in [-0.4, -0.2) is 60.3 Å². The van der Waals surface area contributed by atoms with Gasteiger partial charge in [-0.05, 0) is 12.1 Å². The van der Waals surface area contributed by atoms with Gasteiger partial charge in [-0.15, -0.1) is 0 Å². The van der Waals surface area contributed by atoms with E-state index in [2.05, 4.69) is 9.13 Å². The van der Waals surface area contributed by atoms with Crippen molar-refractivity contribution in [3.63, 3.8) is 0 Å². The number of aromatic nitrogens is 2. The molecule has 4 aromatic rings. The van der Waals surface area contributed by atoms with E-state index in [0.717, 1.165) is 32.9 Å². The number of ether oxygens (including phenoxy) is 3. The molecule has 0 N–H and O–H groups in total. The highest BCUT2D eigenvalue weighted by Crippen LogP contribution is 2.41. The molecule has 0 saturated carbocycles. The van der Waals surface area contributed by atoms with Gasteiger partial charge in [0, 0.05) is 69.6 Å². The molecular weight excluding hydrogens is 456 g/mol. The molecule has 36 heavy (non-hydrogen) atoms. The van der Waals surface area contributed by atoms with E-state index < -0.39 is 0 Å². The maximum atomic E-state index is 13.3. The maximum absolute atomic E-state index is 13.3. The van der Waals surface area contributed by atoms with Crippen molar-refractivity contribution in [3.05, 3.63) is 72.1 Å². The molecule has 6 rings (SSSR count). The van der Waals surface area contributed by atoms with Gasteiger partial charge < -0.3 is 23.3 Å². The van der Waals surface area contributed by atoms with Crippen molar-refractivity contribution in [2.45, 2.75) is 19.5 Å². The number of allylic oxidation sites excluding steroid dienone is 2. The fraction of sp³-hybridized carbons (Fsp3) is 0.310. The molecule has 1 aliphatic carbocycles. The normalized spacial score (nSPS) is 18.3. The van der Waals surface area contributed by atoms with Gasteiger partial charge in [-0.3, -0.25) is 9.59 Å². The number of nitrogens with zero attached hydrogens (tertiary/aromatic N) is 2. The van der Waals surface area contributed by atoms with E-state index in [1.165, 1.54) is 0 Å². The van der Waals surface area contributed by atoms with Crippen molar-refractivity contribution in [3.8, 4) is 0 Å². The van der Waals surface area contributed by atoms with Crippen LogP contribution >= 0.6 is 0 Å². The summed E-state index contributed by atoms with van der Waals surface area (Å²) in [5, 5.41) is 1.92. The monoisotopic (exact) mass is 484 g/mol. The minimum atomic E-state index is -0.127. The molecule has 0 radical (unpaired) electrons. The Bertz CT molecular complexity index is 1380. The van der Waals surface area contributed by atoms with Gasteiger partial charge in [0.05, 0.1) is 46.1 Å². The Kier molecular flexibility index (Phi) is 6.27. The predicted octanol–water partition coefficient (Wildman–Crippen LogP) is 4.11. The van der Waals surface area contributed by atoms with Crippen molar-refractivity contribution in [2.24, 2.45) is 0 Å². The third-order valence-electron chi connectivity index (χ3n) is 6.94. The molecule has 184 valence electrons. The van der Waals surface area contributed by atoms with Crippen molar-refractivity contribution >= 4 is 44.5 Å². The average Bonchev–Trinajstić information content (AvgIpc) is 3.52. The molecule has 0 saturated heterocycles. The smallest absolute Gasteiger partial charge is 0.172 e. The molecule has 0 unspecified atom stereocenters. The summed E-state index contributed by atoms with van der Waals surface area (Å²) in [6.45, 7) is 4.34. The van der Waals surface area contributed by atoms with Crippen molar-refractivity contribution in [1.29, 1.82) is 0 Å². The number of benzene rings is 2. The highest BCUT2D eigenvalue weighted by atomic mass is 16.5. The van der Waals surface area contributed by atoms with E-state index in [-0.39, 0.29) is 18.0 Å². The fourth-order valence-corrected chi connectivity index (χ4v) is 5.30. The molecule has 7 nitrogen and oxygen atoms in total. The highest BCUT2D eigenvalue weighted by Gasteiger charge is 2.35. The van der Waals surface area contributed by atoms with Crippen molar-refractivity contribution in [2.75, 3.05) is 39.6 Å². The summed E-state index contributed by atoms with van der Waals surface area (Å²) in [4.78, 5) is 26.7. The van der Waals surface area contributed by atoms with Crippen LogP contribution in [0, 0.1) is 0 Å². The average molecular weight is 485 g/mol. The first-order valence-corrected chi connectivity index (χ1v) is 12.4. The zero-order chi connectivity index (χ0) is 24.5. The molecule has 2 aliphatic rings. The summed E-state index contributed by atoms with van der Waals surface area (Å²) in [5.74, 6) is -0.255. The second kappa shape index (κ2) is 9.85. The first kappa shape index (κ1) is 22.9. The van der Waals surface area contributed by atoms with Gasteiger partial charge in [0.2, 0.25) is 0 Å². The predicted molar refractivity (Wildman–Crippen MR) is 138 cm³/mol. The Balaban J connectivity index is 1.55. The van der Waals surface area contributed by atoms with Crippen LogP contribution in [0.4, 0.5) is 0 Å². The summed E-state index contributed by atoms with van der Waals surface area (Å²) in [6, 6.07) is 16.0. The van der Waals surface area contributed by atoms with Crippen LogP contribution in [0.25, 0.3) is 33.0 Å². The number of carbonyl (C=O) groups is 2. The molecule has 0 amide bonds. The molecule has 4 bridgehead atoms. The zero-order valence-corrected chi connectivity index (χ0v) is 20.1. The van der Waals surface area contributed by atoms with E-state index in [0.29, 0.717) is 63.9 Å². The zero-order valence-electron chi connectivity index (χ0n) is 20.1. The van der Waals surface area contributed by atoms with E-state index in [9.17, 15) is 9.59 Å². The van der Waals surface area contributed by atoms with Gasteiger partial charge in [-0.25, -0.2) is 0 Å². The molecule has 0 fully saturated rings. The molecule has 7 heteroatoms. The summed E-state index contributed by atoms with van der Waals surface area (Å²) in [6.07, 6.45) is 3.89. The Morgan fingerprint density at radius 2 is 0.972 bits per heavy atom. The lowest BCUT2D eigenvalue weighted by molar-refractivity contribution is -0.119. The SMILES string of the molecule is O=C1CC(=O)C2=C1c1cn(c3ccccc13)CCOCCOCCOCCn1cc2c2ccccc21. The largest absolute Gasteiger partial charge is 0.377 e. The number of hydrogen-bond acceptors (Lipinski definition) is 5. The number of hydrogen-bond donors (Lipinski definition) is 0. The van der Waals surface area contributed by atoms with Crippen LogP contribution in [0.1, 0.15) is 17.5 Å². The summed E-state index contributed by atoms with van der Waals surface area (Å²) in [5.41, 5.74) is 4.67. The lowest BCUT2D eigenvalue weighted by Gasteiger charge is -2.09. The number of Topliss-reactive ketones (excluding diaryl/α,β-unsaturated/α-hetero) is 2. The van der Waals surface area contributed by atoms with Crippen molar-refractivity contribution in [1.82, 2.24) is 9.13 Å². The third kappa shape index (κ3) is 4.09. The number of para-hydroxylation sites is 2. The number of fused-ring (bicyclic) bond motifs is 12. The molecule has 2 aromatic heterocycles. The van der Waals surface area contributed by atoms with E-state index in [1.807, 2.05) is 60.9 Å². The first-order chi connectivity index (χ1) is 17.7. The van der Waals surface area contributed by atoms with Gasteiger partial charge in [0.15, 0.2) is 11.6 Å². The minimum Gasteiger partial charge on any atom is -0.377 e. The number of carbonyl (C=O) groups excluding carboxylic acids is 2. The maximum Gasteiger partial charge on any atom is 0.172 e. The van der Waals surface area contributed by atoms with E-state index in [1.54, 1.807) is 0 Å². The molecule has 1 aliphatic heterocycles. The Hall–Kier alpha value is -3.52. The first-order valence-electron chi connectivity index (χ1n) is 12.4. The highest BCUT2D eigenvalue weighted by molar-refractivity contribution is 6.52. The minimum absolute atomic E-state index is 0.101. The van der Waals surface area contributed by atoms with Gasteiger partial charge in [0.25, 0.3) is 0 Å². The van der Waals surface area contributed by atoms with Crippen molar-refractivity contribution < 1.29 is 23.8 Å². The summed E-state index contributed by atoms with van der Waals surface area (Å²) < 4.78 is 21.4. The molecular formula is C29H28N2O5. The van der Waals surface area contributed by atoms with Gasteiger partial charge in [0.1, 0.15) is 0 Å². The van der Waals surface area contributed by atoms with Crippen LogP contribution in [0.3, 0.4) is 0 Å². The van der Waals surface area contributed by atoms with Crippen LogP contribution in [0.5, 0.6) is 0 Å². The van der Waals surface area contributed by atoms with Gasteiger partial charge in [-0.2, -0.15) is 0 Å². The summed E-state index contributed by atoms with van der Waals surface area (Å²) >= 11 is 0. The molecule has 2 aromatic carbocycles. The molecule has 0 atom stereocenters. The number of ketones is 2. The number of rotatable bonds is 0. The van der Waals surface area contributed by atoms with Crippen LogP contribution < -0.4 is 0 Å². The standard InChI is InChI=1S/C29H28N2O5/c32-26-17-27(33)29-23-19-31(25-8-4-2-6-21(23)25)10-12-35-14-16-36-15-13-34-11-9-30-18-22(28(26)29)20-5-1-3-7-24(20)30/h1-8,18-19H,9-17H2. The second-order valence-electron chi connectivity index (χ2n) is 9.12. The van der Waals surface area contributed by atoms with Crippen LogP contribution in [0.2, 0.25) is 0 Å². The topological polar surface area (TPSA) is 71.7 Å². The Morgan fingerprint density at radius 3 is 1.44 bits per heavy atom. The lowest BCUT2D eigenvalue weighted by atomic mass is 9.95. The van der Waals surface area contributed by atoms with Crippen LogP contribution in [0.15, 0.2) is 60.9 Å². The van der Waals surface area contributed by atoms with Gasteiger partial charge in [-0.1, -0.05) is 36.4 Å². The summed E-state index contributed by atoms with van der Waals surface area (Å²) in [7, 11) is 0. The van der Waals surface area contributed by atoms with Gasteiger partial charge >= 0.3 is 0 Å². The Labute approximate surface area is 208 Å². The quantitative estimate of drug-likeness (QED) is 0.351. The fourth-order valence-electron chi connectivity index (χ4n) is 5.30. The van der Waals surface area contributed by atoms with Crippen LogP contribution in [-0.2, 0) is 36.9 Å². The van der Waals surface area contributed by atoms with E-state index >= 15 is 0 Å². The lowest BCUT2D eigenvalue weighted by Crippen LogP contribution is -2.13. The van der Waals surface area contributed by atoms with E-state index in [4.69, 9.17) is 14.2 Å². The third-order valence-corrected chi connectivity index (χ3v) is 6.94. The second-order valence-corrected chi connectivity index (χ2v) is 9.12. The molecule has 0 spiro atoms. The Morgan fingerprint density at radius 1 is 0.556 bits per heavy atom.